The summed E-state index contributed by atoms with van der Waals surface area (Å²) in [4.78, 5) is 2.42. The lowest BCUT2D eigenvalue weighted by molar-refractivity contribution is 0.632. The van der Waals surface area contributed by atoms with Gasteiger partial charge in [-0.25, -0.2) is 0 Å². The number of nitrogens with zero attached hydrogens (tertiary/aromatic N) is 2. The molecule has 11 aromatic carbocycles. The fraction of sp³-hybridized carbons (Fsp3) is 0.0303. The number of anilines is 3. The zero-order chi connectivity index (χ0) is 44.6. The summed E-state index contributed by atoms with van der Waals surface area (Å²) >= 11 is 0. The van der Waals surface area contributed by atoms with Gasteiger partial charge in [0, 0.05) is 33.2 Å². The molecule has 12 aromatic rings. The summed E-state index contributed by atoms with van der Waals surface area (Å²) in [6.07, 6.45) is 0. The number of para-hydroxylation sites is 2. The molecule has 0 bridgehead atoms. The van der Waals surface area contributed by atoms with Crippen molar-refractivity contribution < 1.29 is 0 Å². The van der Waals surface area contributed by atoms with Crippen LogP contribution in [0.4, 0.5) is 17.1 Å². The van der Waals surface area contributed by atoms with Crippen LogP contribution in [0.1, 0.15) is 44.5 Å². The molecule has 2 heteroatoms. The van der Waals surface area contributed by atoms with E-state index in [1.54, 1.807) is 0 Å². The molecule has 316 valence electrons. The van der Waals surface area contributed by atoms with E-state index >= 15 is 0 Å². The van der Waals surface area contributed by atoms with Crippen LogP contribution < -0.4 is 4.90 Å². The van der Waals surface area contributed by atoms with Crippen LogP contribution >= 0.6 is 0 Å². The number of hydrogen-bond donors (Lipinski definition) is 0. The quantitative estimate of drug-likeness (QED) is 0.171. The normalized spacial score (nSPS) is 14.1. The minimum absolute atomic E-state index is 0.534. The third-order valence-electron chi connectivity index (χ3n) is 15.6. The molecular weight excluding hydrogens is 821 g/mol. The highest BCUT2D eigenvalue weighted by Gasteiger charge is 2.59. The Morgan fingerprint density at radius 2 is 0.750 bits per heavy atom. The maximum Gasteiger partial charge on any atom is 0.0720 e. The van der Waals surface area contributed by atoms with E-state index < -0.39 is 10.8 Å². The molecule has 3 aliphatic carbocycles. The van der Waals surface area contributed by atoms with Gasteiger partial charge in [-0.15, -0.1) is 0 Å². The molecular formula is C66H42N2. The van der Waals surface area contributed by atoms with Crippen LogP contribution in [-0.4, -0.2) is 4.57 Å². The second-order valence-corrected chi connectivity index (χ2v) is 18.7. The van der Waals surface area contributed by atoms with Crippen molar-refractivity contribution in [1.29, 1.82) is 0 Å². The van der Waals surface area contributed by atoms with Crippen LogP contribution in [0.15, 0.2) is 255 Å². The largest absolute Gasteiger partial charge is 0.310 e. The summed E-state index contributed by atoms with van der Waals surface area (Å²) in [5.41, 5.74) is 21.7. The Hall–Kier alpha value is -8.72. The van der Waals surface area contributed by atoms with Gasteiger partial charge in [0.15, 0.2) is 0 Å². The number of hydrogen-bond acceptors (Lipinski definition) is 1. The minimum atomic E-state index is -0.576. The Morgan fingerprint density at radius 3 is 1.38 bits per heavy atom. The van der Waals surface area contributed by atoms with Gasteiger partial charge in [-0.05, 0) is 127 Å². The van der Waals surface area contributed by atoms with Gasteiger partial charge in [0.1, 0.15) is 0 Å². The van der Waals surface area contributed by atoms with Gasteiger partial charge in [0.2, 0.25) is 0 Å². The lowest BCUT2D eigenvalue weighted by Crippen LogP contribution is -2.43. The third-order valence-corrected chi connectivity index (χ3v) is 15.6. The van der Waals surface area contributed by atoms with Crippen LogP contribution in [0.3, 0.4) is 0 Å². The highest BCUT2D eigenvalue weighted by Crippen LogP contribution is 2.67. The van der Waals surface area contributed by atoms with Crippen molar-refractivity contribution in [3.05, 3.63) is 299 Å². The zero-order valence-corrected chi connectivity index (χ0v) is 37.1. The molecule has 0 atom stereocenters. The van der Waals surface area contributed by atoms with Crippen molar-refractivity contribution >= 4 is 49.6 Å². The highest BCUT2D eigenvalue weighted by molar-refractivity contribution is 6.11. The average molecular weight is 863 g/mol. The van der Waals surface area contributed by atoms with E-state index in [1.165, 1.54) is 99.3 Å². The summed E-state index contributed by atoms with van der Waals surface area (Å²) < 4.78 is 2.52. The lowest BCUT2D eigenvalue weighted by atomic mass is 9.52. The summed E-state index contributed by atoms with van der Waals surface area (Å²) in [5, 5.41) is 4.87. The Labute approximate surface area is 395 Å². The Balaban J connectivity index is 1.04. The van der Waals surface area contributed by atoms with Gasteiger partial charge in [-0.3, -0.25) is 0 Å². The molecule has 0 saturated heterocycles. The van der Waals surface area contributed by atoms with Crippen LogP contribution in [0.25, 0.3) is 60.5 Å². The minimum Gasteiger partial charge on any atom is -0.310 e. The van der Waals surface area contributed by atoms with Gasteiger partial charge in [-0.2, -0.15) is 0 Å². The van der Waals surface area contributed by atoms with Crippen LogP contribution in [0, 0.1) is 0 Å². The van der Waals surface area contributed by atoms with E-state index in [0.29, 0.717) is 0 Å². The van der Waals surface area contributed by atoms with Crippen molar-refractivity contribution in [1.82, 2.24) is 4.57 Å². The molecule has 0 amide bonds. The van der Waals surface area contributed by atoms with E-state index in [2.05, 4.69) is 264 Å². The summed E-state index contributed by atoms with van der Waals surface area (Å²) in [6, 6.07) is 95.7. The number of benzene rings is 11. The highest BCUT2D eigenvalue weighted by atomic mass is 15.1. The predicted octanol–water partition coefficient (Wildman–Crippen LogP) is 16.4. The maximum atomic E-state index is 2.57. The van der Waals surface area contributed by atoms with Gasteiger partial charge in [-0.1, -0.05) is 200 Å². The zero-order valence-electron chi connectivity index (χ0n) is 37.1. The molecule has 68 heavy (non-hydrogen) atoms. The molecule has 0 aliphatic heterocycles. The number of fused-ring (bicyclic) bond motifs is 20. The Bertz CT molecular complexity index is 3960. The maximum absolute atomic E-state index is 2.57. The molecule has 2 spiro atoms. The van der Waals surface area contributed by atoms with Gasteiger partial charge >= 0.3 is 0 Å². The van der Waals surface area contributed by atoms with E-state index in [0.717, 1.165) is 22.7 Å². The first kappa shape index (κ1) is 37.5. The summed E-state index contributed by atoms with van der Waals surface area (Å²) in [7, 11) is 0. The van der Waals surface area contributed by atoms with E-state index in [-0.39, 0.29) is 0 Å². The average Bonchev–Trinajstić information content (AvgIpc) is 4.01. The predicted molar refractivity (Wildman–Crippen MR) is 281 cm³/mol. The number of aromatic nitrogens is 1. The van der Waals surface area contributed by atoms with Crippen molar-refractivity contribution in [2.75, 3.05) is 4.90 Å². The first-order valence-electron chi connectivity index (χ1n) is 23.8. The first-order chi connectivity index (χ1) is 33.8. The van der Waals surface area contributed by atoms with Crippen LogP contribution in [-0.2, 0) is 10.8 Å². The first-order valence-corrected chi connectivity index (χ1v) is 23.8. The monoisotopic (exact) mass is 862 g/mol. The lowest BCUT2D eigenvalue weighted by Gasteiger charge is -2.49. The standard InChI is InChI=1S/C66H42N2/c1-2-21-44(22-3-1)67(62-36-18-20-43-19-4-5-23-47(43)62)45-38-40-64-53(41-45)52-28-10-17-35-63(52)68(64)46-37-39-60-61(42-46)66(56-31-13-8-26-50(56)51-27-9-14-32-57(51)66)59-34-16-15-33-58(59)65(60)54-29-11-6-24-48(54)49-25-7-12-30-55(49)65/h1-42H. The van der Waals surface area contributed by atoms with Crippen molar-refractivity contribution in [2.24, 2.45) is 0 Å². The summed E-state index contributed by atoms with van der Waals surface area (Å²) in [5.74, 6) is 0. The van der Waals surface area contributed by atoms with Gasteiger partial charge in [0.25, 0.3) is 0 Å². The molecule has 2 nitrogen and oxygen atoms in total. The van der Waals surface area contributed by atoms with Crippen molar-refractivity contribution in [3.63, 3.8) is 0 Å². The second kappa shape index (κ2) is 13.9. The molecule has 1 heterocycles. The molecule has 15 rings (SSSR count). The Morgan fingerprint density at radius 1 is 0.279 bits per heavy atom. The molecule has 0 fully saturated rings. The summed E-state index contributed by atoms with van der Waals surface area (Å²) in [6.45, 7) is 0. The van der Waals surface area contributed by atoms with Crippen LogP contribution in [0.2, 0.25) is 0 Å². The third kappa shape index (κ3) is 4.71. The van der Waals surface area contributed by atoms with E-state index in [1.807, 2.05) is 0 Å². The smallest absolute Gasteiger partial charge is 0.0720 e. The molecule has 0 saturated carbocycles. The fourth-order valence-corrected chi connectivity index (χ4v) is 13.2. The second-order valence-electron chi connectivity index (χ2n) is 18.7. The SMILES string of the molecule is c1ccc(N(c2ccc3c(c2)c2ccccc2n3-c2ccc3c(c2)C2(c4ccccc4-c4ccccc42)c2ccccc2C32c3ccccc3-c3ccccc32)c2cccc3ccccc23)cc1. The van der Waals surface area contributed by atoms with Crippen molar-refractivity contribution in [3.8, 4) is 27.9 Å². The van der Waals surface area contributed by atoms with E-state index in [9.17, 15) is 0 Å². The topological polar surface area (TPSA) is 8.17 Å². The van der Waals surface area contributed by atoms with Crippen molar-refractivity contribution in [2.45, 2.75) is 10.8 Å². The Kier molecular flexibility index (Phi) is 7.67. The molecule has 1 aromatic heterocycles. The van der Waals surface area contributed by atoms with Gasteiger partial charge < -0.3 is 9.47 Å². The van der Waals surface area contributed by atoms with Crippen LogP contribution in [0.5, 0.6) is 0 Å². The molecule has 0 radical (unpaired) electrons. The molecule has 0 unspecified atom stereocenters. The fourth-order valence-electron chi connectivity index (χ4n) is 13.2. The number of rotatable bonds is 4. The van der Waals surface area contributed by atoms with Gasteiger partial charge in [0.05, 0.1) is 27.6 Å². The van der Waals surface area contributed by atoms with E-state index in [4.69, 9.17) is 0 Å². The molecule has 3 aliphatic rings. The molecule has 0 N–H and O–H groups in total.